The lowest BCUT2D eigenvalue weighted by molar-refractivity contribution is -0.124. The molecule has 0 aromatic rings. The number of hydrogen-bond donors (Lipinski definition) is 4. The Labute approximate surface area is 350 Å². The molecule has 0 saturated carbocycles. The summed E-state index contributed by atoms with van der Waals surface area (Å²) in [7, 11) is 0. The first-order chi connectivity index (χ1) is 27.6. The molecule has 0 radical (unpaired) electrons. The second-order valence-electron chi connectivity index (χ2n) is 17.7. The predicted octanol–water partition coefficient (Wildman–Crippen LogP) is 15.2. The quantitative estimate of drug-likeness (QED) is 0.0365. The van der Waals surface area contributed by atoms with E-state index in [-0.39, 0.29) is 12.5 Å². The van der Waals surface area contributed by atoms with Crippen molar-refractivity contribution in [3.8, 4) is 0 Å². The van der Waals surface area contributed by atoms with E-state index in [1.54, 1.807) is 0 Å². The van der Waals surface area contributed by atoms with Crippen molar-refractivity contribution in [2.24, 2.45) is 0 Å². The zero-order valence-corrected chi connectivity index (χ0v) is 38.0. The predicted molar refractivity (Wildman–Crippen MR) is 245 cm³/mol. The van der Waals surface area contributed by atoms with Crippen molar-refractivity contribution in [3.63, 3.8) is 0 Å². The van der Waals surface area contributed by atoms with Crippen LogP contribution in [0.3, 0.4) is 0 Å². The average molecular weight is 792 g/mol. The van der Waals surface area contributed by atoms with Gasteiger partial charge in [-0.15, -0.1) is 0 Å². The van der Waals surface area contributed by atoms with E-state index in [4.69, 9.17) is 0 Å². The molecule has 1 amide bonds. The third-order valence-electron chi connectivity index (χ3n) is 12.1. The molecule has 5 nitrogen and oxygen atoms in total. The van der Waals surface area contributed by atoms with E-state index >= 15 is 0 Å². The monoisotopic (exact) mass is 792 g/mol. The molecule has 0 aliphatic rings. The number of hydrogen-bond acceptors (Lipinski definition) is 4. The van der Waals surface area contributed by atoms with E-state index in [1.807, 2.05) is 0 Å². The number of aliphatic hydroxyl groups is 3. The summed E-state index contributed by atoms with van der Waals surface area (Å²) in [5, 5.41) is 33.5. The highest BCUT2D eigenvalue weighted by Gasteiger charge is 2.26. The van der Waals surface area contributed by atoms with E-state index in [0.717, 1.165) is 38.5 Å². The normalized spacial score (nSPS) is 13.4. The summed E-state index contributed by atoms with van der Waals surface area (Å²) in [5.74, 6) is -0.141. The molecule has 0 aliphatic carbocycles. The second-order valence-corrected chi connectivity index (χ2v) is 17.7. The molecule has 3 unspecified atom stereocenters. The molecule has 0 heterocycles. The summed E-state index contributed by atoms with van der Waals surface area (Å²) < 4.78 is 0. The van der Waals surface area contributed by atoms with Crippen LogP contribution in [-0.2, 0) is 4.79 Å². The number of allylic oxidation sites excluding steroid dienone is 2. The molecule has 0 spiro atoms. The highest BCUT2D eigenvalue weighted by molar-refractivity contribution is 5.76. The fourth-order valence-electron chi connectivity index (χ4n) is 8.16. The number of aliphatic hydroxyl groups excluding tert-OH is 3. The molecule has 0 fully saturated rings. The zero-order valence-electron chi connectivity index (χ0n) is 38.0. The average Bonchev–Trinajstić information content (AvgIpc) is 3.20. The van der Waals surface area contributed by atoms with Crippen molar-refractivity contribution in [1.29, 1.82) is 0 Å². The van der Waals surface area contributed by atoms with E-state index in [1.165, 1.54) is 218 Å². The Morgan fingerprint density at radius 3 is 1.04 bits per heavy atom. The van der Waals surface area contributed by atoms with Gasteiger partial charge < -0.3 is 20.6 Å². The number of amides is 1. The van der Waals surface area contributed by atoms with Crippen molar-refractivity contribution < 1.29 is 20.1 Å². The molecule has 5 heteroatoms. The minimum Gasteiger partial charge on any atom is -0.394 e. The summed E-state index contributed by atoms with van der Waals surface area (Å²) in [6, 6.07) is -0.804. The van der Waals surface area contributed by atoms with Crippen LogP contribution in [0.5, 0.6) is 0 Å². The fraction of sp³-hybridized carbons (Fsp3) is 0.941. The van der Waals surface area contributed by atoms with Crippen molar-refractivity contribution >= 4 is 5.91 Å². The molecule has 334 valence electrons. The maximum absolute atomic E-state index is 12.4. The van der Waals surface area contributed by atoms with Gasteiger partial charge >= 0.3 is 0 Å². The Kier molecular flexibility index (Phi) is 46.0. The second kappa shape index (κ2) is 46.8. The Bertz CT molecular complexity index is 788. The number of carbonyl (C=O) groups is 1. The fourth-order valence-corrected chi connectivity index (χ4v) is 8.16. The van der Waals surface area contributed by atoms with Crippen LogP contribution >= 0.6 is 0 Å². The number of rotatable bonds is 47. The van der Waals surface area contributed by atoms with Gasteiger partial charge in [-0.25, -0.2) is 0 Å². The van der Waals surface area contributed by atoms with Gasteiger partial charge in [-0.3, -0.25) is 4.79 Å². The molecule has 0 bridgehead atoms. The summed E-state index contributed by atoms with van der Waals surface area (Å²) in [6.07, 6.45) is 56.5. The molecule has 0 saturated heterocycles. The van der Waals surface area contributed by atoms with Crippen molar-refractivity contribution in [1.82, 2.24) is 5.32 Å². The highest BCUT2D eigenvalue weighted by Crippen LogP contribution is 2.17. The van der Waals surface area contributed by atoms with Crippen LogP contribution < -0.4 is 5.32 Å². The van der Waals surface area contributed by atoms with Gasteiger partial charge in [-0.2, -0.15) is 0 Å². The SMILES string of the molecule is CCCCCCCCCCCCCC/C=C\CCCCCCCCCCCCCCCCCC(=O)NC(CO)C(O)C(O)CCCCCCCCCCCCC. The van der Waals surface area contributed by atoms with Crippen molar-refractivity contribution in [3.05, 3.63) is 12.2 Å². The Balaban J connectivity index is 3.46. The van der Waals surface area contributed by atoms with Crippen LogP contribution in [0.2, 0.25) is 0 Å². The molecule has 0 rings (SSSR count). The number of unbranched alkanes of at least 4 members (excludes halogenated alkanes) is 37. The van der Waals surface area contributed by atoms with Gasteiger partial charge in [0.2, 0.25) is 5.91 Å². The minimum absolute atomic E-state index is 0.141. The Morgan fingerprint density at radius 2 is 0.714 bits per heavy atom. The summed E-state index contributed by atoms with van der Waals surface area (Å²) in [6.45, 7) is 4.19. The largest absolute Gasteiger partial charge is 0.394 e. The maximum Gasteiger partial charge on any atom is 0.220 e. The first-order valence-corrected chi connectivity index (χ1v) is 25.5. The van der Waals surface area contributed by atoms with Crippen molar-refractivity contribution in [2.75, 3.05) is 6.61 Å². The van der Waals surface area contributed by atoms with E-state index in [0.29, 0.717) is 12.8 Å². The topological polar surface area (TPSA) is 89.8 Å². The van der Waals surface area contributed by atoms with Gasteiger partial charge in [0.15, 0.2) is 0 Å². The summed E-state index contributed by atoms with van der Waals surface area (Å²) >= 11 is 0. The first kappa shape index (κ1) is 55.1. The molecule has 56 heavy (non-hydrogen) atoms. The first-order valence-electron chi connectivity index (χ1n) is 25.5. The molecule has 0 aromatic heterocycles. The standard InChI is InChI=1S/C51H101NO4/c1-3-5-7-9-11-13-15-16-17-18-19-20-21-22-23-24-25-26-27-28-29-30-31-32-33-34-36-38-40-42-44-46-50(55)52-48(47-53)51(56)49(54)45-43-41-39-37-35-14-12-10-8-6-4-2/h22-23,48-49,51,53-54,56H,3-21,24-47H2,1-2H3,(H,52,55)/b23-22-. The molecule has 4 N–H and O–H groups in total. The van der Waals surface area contributed by atoms with Crippen LogP contribution in [0, 0.1) is 0 Å². The number of carbonyl (C=O) groups excluding carboxylic acids is 1. The van der Waals surface area contributed by atoms with Gasteiger partial charge in [-0.05, 0) is 38.5 Å². The van der Waals surface area contributed by atoms with Crippen LogP contribution in [0.25, 0.3) is 0 Å². The van der Waals surface area contributed by atoms with Crippen LogP contribution in [0.4, 0.5) is 0 Å². The minimum atomic E-state index is -1.13. The maximum atomic E-state index is 12.4. The summed E-state index contributed by atoms with van der Waals surface area (Å²) in [5.41, 5.74) is 0. The molecule has 3 atom stereocenters. The zero-order chi connectivity index (χ0) is 40.8. The molecular weight excluding hydrogens is 691 g/mol. The van der Waals surface area contributed by atoms with Crippen LogP contribution in [-0.4, -0.2) is 46.1 Å². The summed E-state index contributed by atoms with van der Waals surface area (Å²) in [4.78, 5) is 12.4. The molecule has 0 aliphatic heterocycles. The van der Waals surface area contributed by atoms with E-state index < -0.39 is 18.2 Å². The molecular formula is C51H101NO4. The van der Waals surface area contributed by atoms with Crippen LogP contribution in [0.1, 0.15) is 284 Å². The van der Waals surface area contributed by atoms with E-state index in [2.05, 4.69) is 31.3 Å². The Hall–Kier alpha value is -0.910. The Morgan fingerprint density at radius 1 is 0.429 bits per heavy atom. The van der Waals surface area contributed by atoms with Gasteiger partial charge in [0.05, 0.1) is 18.8 Å². The third kappa shape index (κ3) is 41.3. The van der Waals surface area contributed by atoms with Gasteiger partial charge in [0.25, 0.3) is 0 Å². The van der Waals surface area contributed by atoms with Crippen molar-refractivity contribution in [2.45, 2.75) is 302 Å². The lowest BCUT2D eigenvalue weighted by atomic mass is 9.99. The van der Waals surface area contributed by atoms with Gasteiger partial charge in [0, 0.05) is 6.42 Å². The lowest BCUT2D eigenvalue weighted by Gasteiger charge is -2.26. The lowest BCUT2D eigenvalue weighted by Crippen LogP contribution is -2.50. The number of nitrogens with one attached hydrogen (secondary N) is 1. The van der Waals surface area contributed by atoms with E-state index in [9.17, 15) is 20.1 Å². The highest BCUT2D eigenvalue weighted by atomic mass is 16.3. The van der Waals surface area contributed by atoms with Gasteiger partial charge in [-0.1, -0.05) is 251 Å². The smallest absolute Gasteiger partial charge is 0.220 e. The molecule has 0 aromatic carbocycles. The van der Waals surface area contributed by atoms with Crippen LogP contribution in [0.15, 0.2) is 12.2 Å². The third-order valence-corrected chi connectivity index (χ3v) is 12.1. The van der Waals surface area contributed by atoms with Gasteiger partial charge in [0.1, 0.15) is 6.10 Å².